The maximum Gasteiger partial charge on any atom is 0.291 e. The second-order valence-electron chi connectivity index (χ2n) is 4.48. The summed E-state index contributed by atoms with van der Waals surface area (Å²) in [5.74, 6) is 1.40. The molecule has 7 nitrogen and oxygen atoms in total. The van der Waals surface area contributed by atoms with Crippen molar-refractivity contribution < 1.29 is 4.92 Å². The van der Waals surface area contributed by atoms with Crippen molar-refractivity contribution >= 4 is 11.5 Å². The van der Waals surface area contributed by atoms with E-state index in [-0.39, 0.29) is 5.69 Å². The third kappa shape index (κ3) is 3.11. The van der Waals surface area contributed by atoms with E-state index in [9.17, 15) is 10.1 Å². The molecule has 0 saturated heterocycles. The average Bonchev–Trinajstić information content (AvgIpc) is 2.82. The van der Waals surface area contributed by atoms with Crippen LogP contribution in [0.2, 0.25) is 0 Å². The normalized spacial score (nSPS) is 10.5. The molecule has 0 unspecified atom stereocenters. The molecule has 0 amide bonds. The number of aromatic nitrogens is 3. The highest BCUT2D eigenvalue weighted by molar-refractivity contribution is 5.46. The van der Waals surface area contributed by atoms with Crippen LogP contribution in [0.25, 0.3) is 0 Å². The van der Waals surface area contributed by atoms with Crippen LogP contribution in [-0.2, 0) is 13.5 Å². The molecule has 0 radical (unpaired) electrons. The first-order valence-electron chi connectivity index (χ1n) is 6.46. The Labute approximate surface area is 116 Å². The van der Waals surface area contributed by atoms with Gasteiger partial charge in [0.15, 0.2) is 0 Å². The lowest BCUT2D eigenvalue weighted by Gasteiger charge is -2.07. The number of nitro groups is 1. The summed E-state index contributed by atoms with van der Waals surface area (Å²) in [5.41, 5.74) is 0.445. The molecule has 0 fully saturated rings. The number of nitrogens with one attached hydrogen (secondary N) is 1. The fourth-order valence-electron chi connectivity index (χ4n) is 1.86. The summed E-state index contributed by atoms with van der Waals surface area (Å²) in [7, 11) is 1.85. The van der Waals surface area contributed by atoms with Crippen LogP contribution in [0.3, 0.4) is 0 Å². The van der Waals surface area contributed by atoms with E-state index in [1.54, 1.807) is 18.5 Å². The number of anilines is 1. The van der Waals surface area contributed by atoms with Crippen LogP contribution in [0.5, 0.6) is 0 Å². The van der Waals surface area contributed by atoms with Crippen LogP contribution in [0.4, 0.5) is 11.5 Å². The first-order valence-corrected chi connectivity index (χ1v) is 6.46. The molecule has 1 N–H and O–H groups in total. The number of pyridine rings is 1. The molecule has 20 heavy (non-hydrogen) atoms. The van der Waals surface area contributed by atoms with Gasteiger partial charge in [0.2, 0.25) is 0 Å². The Bertz CT molecular complexity index is 609. The van der Waals surface area contributed by atoms with Gasteiger partial charge in [-0.05, 0) is 12.5 Å². The number of hydrogen-bond donors (Lipinski definition) is 1. The molecule has 0 aliphatic carbocycles. The second-order valence-corrected chi connectivity index (χ2v) is 4.48. The van der Waals surface area contributed by atoms with E-state index in [1.165, 1.54) is 6.07 Å². The molecule has 106 valence electrons. The lowest BCUT2D eigenvalue weighted by molar-refractivity contribution is -0.385. The lowest BCUT2D eigenvalue weighted by atomic mass is 10.2. The summed E-state index contributed by atoms with van der Waals surface area (Å²) in [6, 6.07) is 3.12. The Morgan fingerprint density at radius 1 is 1.45 bits per heavy atom. The summed E-state index contributed by atoms with van der Waals surface area (Å²) in [4.78, 5) is 19.2. The highest BCUT2D eigenvalue weighted by Gasteiger charge is 2.17. The van der Waals surface area contributed by atoms with Gasteiger partial charge in [-0.25, -0.2) is 9.97 Å². The van der Waals surface area contributed by atoms with E-state index < -0.39 is 4.92 Å². The van der Waals surface area contributed by atoms with Gasteiger partial charge >= 0.3 is 0 Å². The van der Waals surface area contributed by atoms with Crippen molar-refractivity contribution in [2.75, 3.05) is 11.9 Å². The van der Waals surface area contributed by atoms with Gasteiger partial charge in [-0.15, -0.1) is 0 Å². The predicted molar refractivity (Wildman–Crippen MR) is 75.7 cm³/mol. The second kappa shape index (κ2) is 6.14. The third-order valence-electron chi connectivity index (χ3n) is 2.95. The molecule has 0 aliphatic rings. The Kier molecular flexibility index (Phi) is 4.29. The van der Waals surface area contributed by atoms with Crippen LogP contribution in [0.15, 0.2) is 24.5 Å². The van der Waals surface area contributed by atoms with Gasteiger partial charge < -0.3 is 9.88 Å². The minimum absolute atomic E-state index is 0.0232. The van der Waals surface area contributed by atoms with E-state index >= 15 is 0 Å². The number of aryl methyl sites for hydroxylation is 1. The molecule has 0 spiro atoms. The molecular weight excluding hydrogens is 258 g/mol. The number of imidazole rings is 1. The monoisotopic (exact) mass is 275 g/mol. The van der Waals surface area contributed by atoms with Gasteiger partial charge in [-0.2, -0.15) is 0 Å². The van der Waals surface area contributed by atoms with Gasteiger partial charge in [0.05, 0.1) is 11.3 Å². The summed E-state index contributed by atoms with van der Waals surface area (Å²) in [6.45, 7) is 2.83. The summed E-state index contributed by atoms with van der Waals surface area (Å²) in [5, 5.41) is 14.2. The van der Waals surface area contributed by atoms with E-state index in [1.807, 2.05) is 18.5 Å². The van der Waals surface area contributed by atoms with E-state index in [4.69, 9.17) is 0 Å². The van der Waals surface area contributed by atoms with Crippen molar-refractivity contribution in [2.24, 2.45) is 7.05 Å². The van der Waals surface area contributed by atoms with Crippen molar-refractivity contribution in [1.82, 2.24) is 14.5 Å². The van der Waals surface area contributed by atoms with Crippen molar-refractivity contribution in [1.29, 1.82) is 0 Å². The van der Waals surface area contributed by atoms with Crippen LogP contribution in [0, 0.1) is 10.1 Å². The van der Waals surface area contributed by atoms with Crippen molar-refractivity contribution in [3.63, 3.8) is 0 Å². The SMILES string of the molecule is CCCNc1ccc([N+](=O)[O-])c(Cc2nccn2C)n1. The number of hydrogen-bond acceptors (Lipinski definition) is 5. The minimum atomic E-state index is -0.408. The van der Waals surface area contributed by atoms with Crippen LogP contribution in [0.1, 0.15) is 24.9 Å². The topological polar surface area (TPSA) is 85.9 Å². The third-order valence-corrected chi connectivity index (χ3v) is 2.95. The molecule has 2 aromatic heterocycles. The zero-order valence-electron chi connectivity index (χ0n) is 11.5. The Hall–Kier alpha value is -2.44. The summed E-state index contributed by atoms with van der Waals surface area (Å²) in [6.07, 6.45) is 4.77. The van der Waals surface area contributed by atoms with Gasteiger partial charge in [-0.3, -0.25) is 10.1 Å². The molecule has 0 atom stereocenters. The van der Waals surface area contributed by atoms with E-state index in [0.717, 1.165) is 18.8 Å². The highest BCUT2D eigenvalue weighted by Crippen LogP contribution is 2.21. The van der Waals surface area contributed by atoms with Crippen LogP contribution < -0.4 is 5.32 Å². The Morgan fingerprint density at radius 2 is 2.25 bits per heavy atom. The van der Waals surface area contributed by atoms with Crippen molar-refractivity contribution in [2.45, 2.75) is 19.8 Å². The Morgan fingerprint density at radius 3 is 2.85 bits per heavy atom. The highest BCUT2D eigenvalue weighted by atomic mass is 16.6. The zero-order chi connectivity index (χ0) is 14.5. The molecule has 0 saturated carbocycles. The molecule has 2 rings (SSSR count). The molecule has 2 heterocycles. The largest absolute Gasteiger partial charge is 0.370 e. The maximum absolute atomic E-state index is 11.1. The van der Waals surface area contributed by atoms with Gasteiger partial charge in [0.1, 0.15) is 17.3 Å². The Balaban J connectivity index is 2.31. The van der Waals surface area contributed by atoms with Crippen molar-refractivity contribution in [3.05, 3.63) is 46.2 Å². The molecule has 2 aromatic rings. The van der Waals surface area contributed by atoms with Crippen LogP contribution >= 0.6 is 0 Å². The van der Waals surface area contributed by atoms with E-state index in [2.05, 4.69) is 15.3 Å². The van der Waals surface area contributed by atoms with Gasteiger partial charge in [0, 0.05) is 32.1 Å². The lowest BCUT2D eigenvalue weighted by Crippen LogP contribution is -2.08. The standard InChI is InChI=1S/C13H17N5O2/c1-3-6-14-12-5-4-11(18(19)20)10(16-12)9-13-15-7-8-17(13)2/h4-5,7-8H,3,6,9H2,1-2H3,(H,14,16). The van der Waals surface area contributed by atoms with Crippen molar-refractivity contribution in [3.8, 4) is 0 Å². The predicted octanol–water partition coefficient (Wildman–Crippen LogP) is 2.14. The average molecular weight is 275 g/mol. The quantitative estimate of drug-likeness (QED) is 0.644. The first-order chi connectivity index (χ1) is 9.61. The smallest absolute Gasteiger partial charge is 0.291 e. The minimum Gasteiger partial charge on any atom is -0.370 e. The fraction of sp³-hybridized carbons (Fsp3) is 0.385. The first kappa shape index (κ1) is 14.0. The van der Waals surface area contributed by atoms with Gasteiger partial charge in [0.25, 0.3) is 5.69 Å². The van der Waals surface area contributed by atoms with Crippen LogP contribution in [-0.4, -0.2) is 26.0 Å². The molecule has 0 aromatic carbocycles. The zero-order valence-corrected chi connectivity index (χ0v) is 11.5. The summed E-state index contributed by atoms with van der Waals surface area (Å²) >= 11 is 0. The summed E-state index contributed by atoms with van der Waals surface area (Å²) < 4.78 is 1.83. The van der Waals surface area contributed by atoms with Gasteiger partial charge in [-0.1, -0.05) is 6.92 Å². The molecular formula is C13H17N5O2. The fourth-order valence-corrected chi connectivity index (χ4v) is 1.86. The number of nitrogens with zero attached hydrogens (tertiary/aromatic N) is 4. The van der Waals surface area contributed by atoms with E-state index in [0.29, 0.717) is 17.9 Å². The number of rotatable bonds is 6. The molecule has 0 bridgehead atoms. The molecule has 7 heteroatoms. The maximum atomic E-state index is 11.1. The molecule has 0 aliphatic heterocycles.